The molecule has 1 aromatic heterocycles. The standard InChI is InChI=1S/C20H23F2N3O3/c1-12-7-10-28-18(12)20(27)23-15-5-8-25(9-6-15)13(2)19(26)24-17-11-14(21)3-4-16(17)22/h3-4,7,10-11,13,15H,5-6,8-9H2,1-2H3,(H,23,27)(H,24,26). The first-order valence-corrected chi connectivity index (χ1v) is 9.20. The summed E-state index contributed by atoms with van der Waals surface area (Å²) >= 11 is 0. The van der Waals surface area contributed by atoms with E-state index in [1.807, 2.05) is 11.8 Å². The number of hydrogen-bond acceptors (Lipinski definition) is 4. The Bertz CT molecular complexity index is 860. The average Bonchev–Trinajstić information content (AvgIpc) is 3.11. The highest BCUT2D eigenvalue weighted by Gasteiger charge is 2.28. The molecule has 1 fully saturated rings. The van der Waals surface area contributed by atoms with E-state index in [4.69, 9.17) is 4.42 Å². The number of nitrogens with one attached hydrogen (secondary N) is 2. The molecule has 1 aromatic carbocycles. The van der Waals surface area contributed by atoms with Crippen molar-refractivity contribution in [3.05, 3.63) is 53.5 Å². The molecule has 2 amide bonds. The van der Waals surface area contributed by atoms with Gasteiger partial charge in [0.25, 0.3) is 5.91 Å². The zero-order chi connectivity index (χ0) is 20.3. The van der Waals surface area contributed by atoms with Gasteiger partial charge < -0.3 is 15.1 Å². The second-order valence-corrected chi connectivity index (χ2v) is 7.01. The van der Waals surface area contributed by atoms with Gasteiger partial charge in [0.15, 0.2) is 5.76 Å². The molecule has 2 aromatic rings. The zero-order valence-corrected chi connectivity index (χ0v) is 15.8. The fourth-order valence-corrected chi connectivity index (χ4v) is 3.28. The van der Waals surface area contributed by atoms with Crippen molar-refractivity contribution in [3.63, 3.8) is 0 Å². The van der Waals surface area contributed by atoms with Crippen LogP contribution in [-0.4, -0.2) is 41.9 Å². The topological polar surface area (TPSA) is 74.6 Å². The summed E-state index contributed by atoms with van der Waals surface area (Å²) in [6.45, 7) is 4.73. The van der Waals surface area contributed by atoms with Crippen LogP contribution in [0.3, 0.4) is 0 Å². The lowest BCUT2D eigenvalue weighted by atomic mass is 10.0. The second-order valence-electron chi connectivity index (χ2n) is 7.01. The van der Waals surface area contributed by atoms with Gasteiger partial charge in [-0.2, -0.15) is 0 Å². The highest BCUT2D eigenvalue weighted by atomic mass is 19.1. The highest BCUT2D eigenvalue weighted by Crippen LogP contribution is 2.19. The number of hydrogen-bond donors (Lipinski definition) is 2. The zero-order valence-electron chi connectivity index (χ0n) is 15.8. The van der Waals surface area contributed by atoms with Crippen LogP contribution in [0.25, 0.3) is 0 Å². The molecule has 1 unspecified atom stereocenters. The number of nitrogens with zero attached hydrogens (tertiary/aromatic N) is 1. The smallest absolute Gasteiger partial charge is 0.287 e. The Morgan fingerprint density at radius 3 is 2.57 bits per heavy atom. The lowest BCUT2D eigenvalue weighted by molar-refractivity contribution is -0.121. The maximum atomic E-state index is 13.7. The number of carbonyl (C=O) groups is 2. The Kier molecular flexibility index (Phi) is 6.08. The van der Waals surface area contributed by atoms with E-state index in [2.05, 4.69) is 10.6 Å². The molecule has 0 spiro atoms. The summed E-state index contributed by atoms with van der Waals surface area (Å²) in [4.78, 5) is 26.6. The lowest BCUT2D eigenvalue weighted by Gasteiger charge is -2.35. The van der Waals surface area contributed by atoms with Crippen LogP contribution in [0.15, 0.2) is 34.9 Å². The molecule has 1 aliphatic heterocycles. The predicted molar refractivity (Wildman–Crippen MR) is 100.0 cm³/mol. The Morgan fingerprint density at radius 2 is 1.93 bits per heavy atom. The summed E-state index contributed by atoms with van der Waals surface area (Å²) in [5.41, 5.74) is 0.609. The Balaban J connectivity index is 1.51. The van der Waals surface area contributed by atoms with Gasteiger partial charge in [-0.1, -0.05) is 0 Å². The van der Waals surface area contributed by atoms with Crippen molar-refractivity contribution in [2.75, 3.05) is 18.4 Å². The summed E-state index contributed by atoms with van der Waals surface area (Å²) in [6.07, 6.45) is 2.84. The lowest BCUT2D eigenvalue weighted by Crippen LogP contribution is -2.50. The van der Waals surface area contributed by atoms with Crippen LogP contribution in [-0.2, 0) is 4.79 Å². The van der Waals surface area contributed by atoms with Crippen LogP contribution >= 0.6 is 0 Å². The van der Waals surface area contributed by atoms with Crippen LogP contribution in [0.5, 0.6) is 0 Å². The van der Waals surface area contributed by atoms with Crippen molar-refractivity contribution in [2.24, 2.45) is 0 Å². The number of rotatable bonds is 5. The minimum atomic E-state index is -0.684. The fraction of sp³-hybridized carbons (Fsp3) is 0.400. The molecule has 6 nitrogen and oxygen atoms in total. The van der Waals surface area contributed by atoms with Gasteiger partial charge in [-0.25, -0.2) is 8.78 Å². The van der Waals surface area contributed by atoms with Crippen LogP contribution in [0.2, 0.25) is 0 Å². The summed E-state index contributed by atoms with van der Waals surface area (Å²) in [7, 11) is 0. The monoisotopic (exact) mass is 391 g/mol. The fourth-order valence-electron chi connectivity index (χ4n) is 3.28. The van der Waals surface area contributed by atoms with Gasteiger partial charge in [0.05, 0.1) is 18.0 Å². The molecular weight excluding hydrogens is 368 g/mol. The van der Waals surface area contributed by atoms with Gasteiger partial charge >= 0.3 is 0 Å². The Morgan fingerprint density at radius 1 is 1.21 bits per heavy atom. The normalized spacial score (nSPS) is 16.6. The predicted octanol–water partition coefficient (Wildman–Crippen LogP) is 3.09. The van der Waals surface area contributed by atoms with Crippen molar-refractivity contribution in [1.82, 2.24) is 10.2 Å². The minimum Gasteiger partial charge on any atom is -0.459 e. The summed E-state index contributed by atoms with van der Waals surface area (Å²) < 4.78 is 32.2. The second kappa shape index (κ2) is 8.52. The number of likely N-dealkylation sites (tertiary alicyclic amines) is 1. The maximum absolute atomic E-state index is 13.7. The van der Waals surface area contributed by atoms with Crippen LogP contribution in [0.4, 0.5) is 14.5 Å². The number of amides is 2. The van der Waals surface area contributed by atoms with E-state index in [9.17, 15) is 18.4 Å². The number of furan rings is 1. The molecule has 0 radical (unpaired) electrons. The summed E-state index contributed by atoms with van der Waals surface area (Å²) in [5.74, 6) is -1.64. The number of anilines is 1. The van der Waals surface area contributed by atoms with E-state index in [1.165, 1.54) is 6.26 Å². The third-order valence-corrected chi connectivity index (χ3v) is 5.05. The van der Waals surface area contributed by atoms with E-state index in [-0.39, 0.29) is 17.6 Å². The van der Waals surface area contributed by atoms with Gasteiger partial charge in [-0.15, -0.1) is 0 Å². The van der Waals surface area contributed by atoms with E-state index >= 15 is 0 Å². The van der Waals surface area contributed by atoms with Crippen molar-refractivity contribution in [1.29, 1.82) is 0 Å². The largest absolute Gasteiger partial charge is 0.459 e. The van der Waals surface area contributed by atoms with Gasteiger partial charge in [-0.05, 0) is 44.9 Å². The van der Waals surface area contributed by atoms with E-state index < -0.39 is 23.6 Å². The van der Waals surface area contributed by atoms with Gasteiger partial charge in [0.2, 0.25) is 5.91 Å². The molecule has 1 atom stereocenters. The van der Waals surface area contributed by atoms with Crippen molar-refractivity contribution >= 4 is 17.5 Å². The Labute approximate surface area is 161 Å². The molecule has 150 valence electrons. The van der Waals surface area contributed by atoms with Crippen LogP contribution in [0, 0.1) is 18.6 Å². The molecular formula is C20H23F2N3O3. The SMILES string of the molecule is Cc1ccoc1C(=O)NC1CCN(C(C)C(=O)Nc2cc(F)ccc2F)CC1. The third-order valence-electron chi connectivity index (χ3n) is 5.05. The molecule has 8 heteroatoms. The number of benzene rings is 1. The van der Waals surface area contributed by atoms with Crippen molar-refractivity contribution in [3.8, 4) is 0 Å². The van der Waals surface area contributed by atoms with E-state index in [1.54, 1.807) is 13.0 Å². The van der Waals surface area contributed by atoms with Crippen molar-refractivity contribution in [2.45, 2.75) is 38.8 Å². The molecule has 2 heterocycles. The van der Waals surface area contributed by atoms with Gasteiger partial charge in [0.1, 0.15) is 11.6 Å². The number of carbonyl (C=O) groups excluding carboxylic acids is 2. The molecule has 3 rings (SSSR count). The minimum absolute atomic E-state index is 0.0100. The molecule has 0 aliphatic carbocycles. The third kappa shape index (κ3) is 4.56. The van der Waals surface area contributed by atoms with Gasteiger partial charge in [-0.3, -0.25) is 14.5 Å². The first kappa shape index (κ1) is 20.0. The molecule has 0 saturated carbocycles. The van der Waals surface area contributed by atoms with Gasteiger partial charge in [0, 0.05) is 30.8 Å². The molecule has 2 N–H and O–H groups in total. The quantitative estimate of drug-likeness (QED) is 0.822. The summed E-state index contributed by atoms with van der Waals surface area (Å²) in [6, 6.07) is 4.15. The first-order chi connectivity index (χ1) is 13.3. The number of aryl methyl sites for hydroxylation is 1. The van der Waals surface area contributed by atoms with Crippen LogP contribution in [0.1, 0.15) is 35.9 Å². The Hall–Kier alpha value is -2.74. The molecule has 28 heavy (non-hydrogen) atoms. The number of piperidine rings is 1. The maximum Gasteiger partial charge on any atom is 0.287 e. The van der Waals surface area contributed by atoms with E-state index in [0.29, 0.717) is 31.7 Å². The summed E-state index contributed by atoms with van der Waals surface area (Å²) in [5, 5.41) is 5.39. The molecule has 0 bridgehead atoms. The average molecular weight is 391 g/mol. The molecule has 1 aliphatic rings. The molecule has 1 saturated heterocycles. The number of halogens is 2. The first-order valence-electron chi connectivity index (χ1n) is 9.20. The van der Waals surface area contributed by atoms with E-state index in [0.717, 1.165) is 23.8 Å². The highest BCUT2D eigenvalue weighted by molar-refractivity contribution is 5.94. The van der Waals surface area contributed by atoms with Crippen LogP contribution < -0.4 is 10.6 Å². The van der Waals surface area contributed by atoms with Crippen molar-refractivity contribution < 1.29 is 22.8 Å².